The molecule has 0 bridgehead atoms. The molecule has 0 spiro atoms. The van der Waals surface area contributed by atoms with Gasteiger partial charge in [0.2, 0.25) is 0 Å². The normalized spacial score (nSPS) is 16.2. The van der Waals surface area contributed by atoms with Crippen LogP contribution in [0.15, 0.2) is 66.9 Å². The molecule has 0 unspecified atom stereocenters. The maximum Gasteiger partial charge on any atom is 0.278 e. The Morgan fingerprint density at radius 2 is 1.69 bits per heavy atom. The molecule has 0 radical (unpaired) electrons. The highest BCUT2D eigenvalue weighted by Crippen LogP contribution is 2.32. The first kappa shape index (κ1) is 21.7. The largest absolute Gasteiger partial charge is 0.494 e. The topological polar surface area (TPSA) is 61.9 Å². The van der Waals surface area contributed by atoms with E-state index < -0.39 is 0 Å². The van der Waals surface area contributed by atoms with Crippen LogP contribution < -0.4 is 15.0 Å². The van der Waals surface area contributed by atoms with Crippen molar-refractivity contribution in [1.29, 1.82) is 0 Å². The average molecular weight is 432 g/mol. The van der Waals surface area contributed by atoms with Gasteiger partial charge in [0, 0.05) is 31.0 Å². The van der Waals surface area contributed by atoms with Gasteiger partial charge in [-0.1, -0.05) is 25.1 Å². The summed E-state index contributed by atoms with van der Waals surface area (Å²) in [6.07, 6.45) is 4.91. The zero-order valence-corrected chi connectivity index (χ0v) is 18.5. The zero-order chi connectivity index (χ0) is 22.5. The van der Waals surface area contributed by atoms with Gasteiger partial charge in [-0.15, -0.1) is 6.58 Å². The third kappa shape index (κ3) is 4.40. The molecule has 2 aliphatic rings. The van der Waals surface area contributed by atoms with Crippen LogP contribution >= 0.6 is 0 Å². The summed E-state index contributed by atoms with van der Waals surface area (Å²) in [5, 5.41) is 3.21. The number of anilines is 2. The summed E-state index contributed by atoms with van der Waals surface area (Å²) >= 11 is 0. The van der Waals surface area contributed by atoms with Gasteiger partial charge in [-0.25, -0.2) is 0 Å². The summed E-state index contributed by atoms with van der Waals surface area (Å²) < 4.78 is 5.65. The van der Waals surface area contributed by atoms with Crippen molar-refractivity contribution < 1.29 is 14.3 Å². The highest BCUT2D eigenvalue weighted by Gasteiger charge is 2.38. The van der Waals surface area contributed by atoms with Gasteiger partial charge in [0.05, 0.1) is 12.2 Å². The molecule has 1 fully saturated rings. The Labute approximate surface area is 189 Å². The lowest BCUT2D eigenvalue weighted by atomic mass is 10.0. The van der Waals surface area contributed by atoms with Crippen molar-refractivity contribution in [2.45, 2.75) is 26.2 Å². The van der Waals surface area contributed by atoms with Crippen LogP contribution in [-0.4, -0.2) is 43.0 Å². The van der Waals surface area contributed by atoms with Gasteiger partial charge in [0.25, 0.3) is 11.8 Å². The molecular formula is C26H29N3O3. The summed E-state index contributed by atoms with van der Waals surface area (Å²) in [5.74, 6) is 0.0658. The molecule has 1 saturated heterocycles. The molecule has 2 aromatic rings. The number of nitrogens with zero attached hydrogens (tertiary/aromatic N) is 2. The molecule has 1 N–H and O–H groups in total. The van der Waals surface area contributed by atoms with Gasteiger partial charge < -0.3 is 15.0 Å². The number of hydrogen-bond acceptors (Lipinski definition) is 5. The molecule has 2 aliphatic heterocycles. The number of benzene rings is 2. The molecule has 166 valence electrons. The molecule has 0 atom stereocenters. The van der Waals surface area contributed by atoms with Crippen LogP contribution in [0.25, 0.3) is 5.57 Å². The second-order valence-electron chi connectivity index (χ2n) is 8.00. The molecule has 0 saturated carbocycles. The molecule has 4 rings (SSSR count). The van der Waals surface area contributed by atoms with E-state index in [-0.39, 0.29) is 24.1 Å². The van der Waals surface area contributed by atoms with Gasteiger partial charge in [0.15, 0.2) is 0 Å². The van der Waals surface area contributed by atoms with Crippen LogP contribution in [0, 0.1) is 0 Å². The zero-order valence-electron chi connectivity index (χ0n) is 18.5. The Morgan fingerprint density at radius 3 is 2.31 bits per heavy atom. The Bertz CT molecular complexity index is 1020. The smallest absolute Gasteiger partial charge is 0.278 e. The Hall–Kier alpha value is -3.54. The first-order chi connectivity index (χ1) is 15.6. The maximum absolute atomic E-state index is 13.1. The average Bonchev–Trinajstić information content (AvgIpc) is 3.43. The number of amides is 2. The molecule has 6 nitrogen and oxygen atoms in total. The summed E-state index contributed by atoms with van der Waals surface area (Å²) in [5.41, 5.74) is 3.27. The number of ether oxygens (including phenoxy) is 1. The van der Waals surface area contributed by atoms with Crippen molar-refractivity contribution in [3.63, 3.8) is 0 Å². The standard InChI is InChI=1S/C26H29N3O3/c1-3-15-29-25(30)23(19-7-13-22(14-8-19)32-18-4-2)24(26(29)31)27-20-9-11-21(12-10-20)28-16-5-6-17-28/h3,7-14,27H,1,4-6,15-18H2,2H3. The SMILES string of the molecule is C=CCN1C(=O)C(Nc2ccc(N3CCCC3)cc2)=C(c2ccc(OCCC)cc2)C1=O. The summed E-state index contributed by atoms with van der Waals surface area (Å²) in [4.78, 5) is 29.8. The molecule has 0 aliphatic carbocycles. The van der Waals surface area contributed by atoms with Crippen LogP contribution in [-0.2, 0) is 9.59 Å². The van der Waals surface area contributed by atoms with Gasteiger partial charge in [0.1, 0.15) is 11.4 Å². The Morgan fingerprint density at radius 1 is 1.00 bits per heavy atom. The fraction of sp³-hybridized carbons (Fsp3) is 0.308. The van der Waals surface area contributed by atoms with Gasteiger partial charge in [-0.05, 0) is 61.2 Å². The second-order valence-corrected chi connectivity index (χ2v) is 8.00. The van der Waals surface area contributed by atoms with Crippen LogP contribution in [0.1, 0.15) is 31.7 Å². The van der Waals surface area contributed by atoms with Crippen LogP contribution in [0.5, 0.6) is 5.75 Å². The predicted molar refractivity (Wildman–Crippen MR) is 128 cm³/mol. The van der Waals surface area contributed by atoms with Crippen molar-refractivity contribution in [2.75, 3.05) is 36.5 Å². The van der Waals surface area contributed by atoms with Gasteiger partial charge >= 0.3 is 0 Å². The summed E-state index contributed by atoms with van der Waals surface area (Å²) in [6.45, 7) is 8.67. The van der Waals surface area contributed by atoms with E-state index in [1.165, 1.54) is 23.4 Å². The third-order valence-corrected chi connectivity index (χ3v) is 5.70. The lowest BCUT2D eigenvalue weighted by Gasteiger charge is -2.18. The number of rotatable bonds is 9. The van der Waals surface area contributed by atoms with E-state index in [1.54, 1.807) is 6.08 Å². The van der Waals surface area contributed by atoms with E-state index in [1.807, 2.05) is 43.3 Å². The lowest BCUT2D eigenvalue weighted by molar-refractivity contribution is -0.136. The molecule has 2 amide bonds. The molecule has 0 aromatic heterocycles. The Balaban J connectivity index is 1.63. The fourth-order valence-electron chi connectivity index (χ4n) is 4.07. The van der Waals surface area contributed by atoms with Crippen molar-refractivity contribution in [3.05, 3.63) is 72.4 Å². The minimum atomic E-state index is -0.347. The second kappa shape index (κ2) is 9.73. The van der Waals surface area contributed by atoms with E-state index in [9.17, 15) is 9.59 Å². The predicted octanol–water partition coefficient (Wildman–Crippen LogP) is 4.45. The number of carbonyl (C=O) groups excluding carboxylic acids is 2. The first-order valence-corrected chi connectivity index (χ1v) is 11.2. The van der Waals surface area contributed by atoms with E-state index in [0.717, 1.165) is 30.9 Å². The van der Waals surface area contributed by atoms with E-state index in [4.69, 9.17) is 4.74 Å². The summed E-state index contributed by atoms with van der Waals surface area (Å²) in [7, 11) is 0. The van der Waals surface area contributed by atoms with Gasteiger partial charge in [-0.2, -0.15) is 0 Å². The molecular weight excluding hydrogens is 402 g/mol. The molecule has 6 heteroatoms. The quantitative estimate of drug-likeness (QED) is 0.469. The minimum absolute atomic E-state index is 0.165. The number of nitrogens with one attached hydrogen (secondary N) is 1. The number of imide groups is 1. The highest BCUT2D eigenvalue weighted by molar-refractivity contribution is 6.36. The fourth-order valence-corrected chi connectivity index (χ4v) is 4.07. The van der Waals surface area contributed by atoms with Crippen molar-refractivity contribution in [2.24, 2.45) is 0 Å². The van der Waals surface area contributed by atoms with E-state index in [0.29, 0.717) is 17.7 Å². The van der Waals surface area contributed by atoms with Crippen LogP contribution in [0.4, 0.5) is 11.4 Å². The minimum Gasteiger partial charge on any atom is -0.494 e. The van der Waals surface area contributed by atoms with Crippen molar-refractivity contribution in [3.8, 4) is 5.75 Å². The van der Waals surface area contributed by atoms with E-state index in [2.05, 4.69) is 28.9 Å². The van der Waals surface area contributed by atoms with Crippen molar-refractivity contribution >= 4 is 28.8 Å². The van der Waals surface area contributed by atoms with Crippen molar-refractivity contribution in [1.82, 2.24) is 4.90 Å². The lowest BCUT2D eigenvalue weighted by Crippen LogP contribution is -2.32. The number of hydrogen-bond donors (Lipinski definition) is 1. The number of carbonyl (C=O) groups is 2. The van der Waals surface area contributed by atoms with E-state index >= 15 is 0 Å². The molecule has 2 heterocycles. The molecule has 32 heavy (non-hydrogen) atoms. The monoisotopic (exact) mass is 431 g/mol. The van der Waals surface area contributed by atoms with Gasteiger partial charge in [-0.3, -0.25) is 14.5 Å². The highest BCUT2D eigenvalue weighted by atomic mass is 16.5. The van der Waals surface area contributed by atoms with Crippen LogP contribution in [0.2, 0.25) is 0 Å². The Kier molecular flexibility index (Phi) is 6.59. The first-order valence-electron chi connectivity index (χ1n) is 11.2. The summed E-state index contributed by atoms with van der Waals surface area (Å²) in [6, 6.07) is 15.3. The molecule has 2 aromatic carbocycles. The van der Waals surface area contributed by atoms with Crippen LogP contribution in [0.3, 0.4) is 0 Å². The maximum atomic E-state index is 13.1. The third-order valence-electron chi connectivity index (χ3n) is 5.70.